The Balaban J connectivity index is 0.00000196. The number of amides is 2. The van der Waals surface area contributed by atoms with Gasteiger partial charge in [-0.05, 0) is 0 Å². The van der Waals surface area contributed by atoms with E-state index in [2.05, 4.69) is 5.32 Å². The van der Waals surface area contributed by atoms with Gasteiger partial charge >= 0.3 is 12.1 Å². The molecule has 1 fully saturated rings. The fourth-order valence-corrected chi connectivity index (χ4v) is 0.765. The second-order valence-corrected chi connectivity index (χ2v) is 2.80. The first-order valence-corrected chi connectivity index (χ1v) is 3.79. The van der Waals surface area contributed by atoms with Gasteiger partial charge in [0, 0.05) is 13.1 Å². The predicted molar refractivity (Wildman–Crippen MR) is 45.9 cm³/mol. The molecule has 3 N–H and O–H groups in total. The number of carbonyl (C=O) groups excluding carboxylic acids is 2. The molecule has 1 rings (SSSR count). The third-order valence-electron chi connectivity index (χ3n) is 1.71. The predicted octanol–water partition coefficient (Wildman–Crippen LogP) is -0.663. The largest absolute Gasteiger partial charge is 0.472 e. The Labute approximate surface area is 89.2 Å². The van der Waals surface area contributed by atoms with E-state index in [0.717, 1.165) is 0 Å². The fourth-order valence-electron chi connectivity index (χ4n) is 0.765. The third kappa shape index (κ3) is 3.92. The normalized spacial score (nSPS) is 15.9. The molecule has 1 aliphatic heterocycles. The molecule has 0 radical (unpaired) electrons. The number of halogens is 4. The summed E-state index contributed by atoms with van der Waals surface area (Å²) in [4.78, 5) is 21.2. The summed E-state index contributed by atoms with van der Waals surface area (Å²) >= 11 is 0. The quantitative estimate of drug-likeness (QED) is 0.539. The summed E-state index contributed by atoms with van der Waals surface area (Å²) in [6.45, 7) is 0.821. The Hall–Kier alpha value is -1.02. The zero-order valence-corrected chi connectivity index (χ0v) is 8.17. The third-order valence-corrected chi connectivity index (χ3v) is 1.71. The Bertz CT molecular complexity index is 254. The number of hydrogen-bond donors (Lipinski definition) is 3. The highest BCUT2D eigenvalue weighted by molar-refractivity contribution is 5.86. The number of nitrogens with one attached hydrogen (secondary N) is 3. The number of hydrazine groups is 1. The van der Waals surface area contributed by atoms with Gasteiger partial charge in [-0.1, -0.05) is 0 Å². The lowest BCUT2D eigenvalue weighted by atomic mass is 10.0. The molecule has 0 aliphatic carbocycles. The number of rotatable bonds is 1. The average molecular weight is 248 g/mol. The fraction of sp³-hybridized carbons (Fsp3) is 0.667. The molecule has 5 nitrogen and oxygen atoms in total. The van der Waals surface area contributed by atoms with Crippen LogP contribution < -0.4 is 16.2 Å². The van der Waals surface area contributed by atoms with Gasteiger partial charge in [-0.25, -0.2) is 0 Å². The van der Waals surface area contributed by atoms with Gasteiger partial charge in [0.05, 0.1) is 5.92 Å². The van der Waals surface area contributed by atoms with Crippen LogP contribution in [0.2, 0.25) is 0 Å². The van der Waals surface area contributed by atoms with Gasteiger partial charge in [-0.2, -0.15) is 13.2 Å². The van der Waals surface area contributed by atoms with Crippen molar-refractivity contribution < 1.29 is 22.8 Å². The van der Waals surface area contributed by atoms with Crippen LogP contribution in [0.15, 0.2) is 0 Å². The number of hydrogen-bond acceptors (Lipinski definition) is 3. The lowest BCUT2D eigenvalue weighted by molar-refractivity contribution is -0.175. The van der Waals surface area contributed by atoms with Gasteiger partial charge < -0.3 is 5.32 Å². The van der Waals surface area contributed by atoms with Crippen LogP contribution in [-0.2, 0) is 9.59 Å². The molecule has 0 unspecified atom stereocenters. The van der Waals surface area contributed by atoms with Crippen LogP contribution in [0.1, 0.15) is 0 Å². The minimum Gasteiger partial charge on any atom is -0.315 e. The lowest BCUT2D eigenvalue weighted by Crippen LogP contribution is -2.56. The van der Waals surface area contributed by atoms with E-state index in [0.29, 0.717) is 13.1 Å². The number of alkyl halides is 3. The van der Waals surface area contributed by atoms with Gasteiger partial charge in [0.1, 0.15) is 0 Å². The van der Waals surface area contributed by atoms with Crippen molar-refractivity contribution >= 4 is 24.2 Å². The highest BCUT2D eigenvalue weighted by Crippen LogP contribution is 2.13. The number of carbonyl (C=O) groups is 2. The molecule has 0 aromatic carbocycles. The van der Waals surface area contributed by atoms with Crippen LogP contribution >= 0.6 is 12.4 Å². The van der Waals surface area contributed by atoms with Crippen molar-refractivity contribution in [3.63, 3.8) is 0 Å². The minimum atomic E-state index is -4.98. The smallest absolute Gasteiger partial charge is 0.315 e. The Morgan fingerprint density at radius 2 is 1.73 bits per heavy atom. The molecular formula is C6H9ClF3N3O2. The van der Waals surface area contributed by atoms with Crippen molar-refractivity contribution in [1.82, 2.24) is 16.2 Å². The zero-order valence-electron chi connectivity index (χ0n) is 7.35. The Kier molecular flexibility index (Phi) is 4.82. The maximum absolute atomic E-state index is 11.6. The van der Waals surface area contributed by atoms with Gasteiger partial charge in [-0.3, -0.25) is 20.4 Å². The first-order valence-electron chi connectivity index (χ1n) is 3.79. The van der Waals surface area contributed by atoms with Crippen LogP contribution in [0.3, 0.4) is 0 Å². The van der Waals surface area contributed by atoms with Gasteiger partial charge in [0.15, 0.2) is 0 Å². The van der Waals surface area contributed by atoms with Gasteiger partial charge in [-0.15, -0.1) is 12.4 Å². The summed E-state index contributed by atoms with van der Waals surface area (Å²) < 4.78 is 34.9. The van der Waals surface area contributed by atoms with Crippen molar-refractivity contribution in [1.29, 1.82) is 0 Å². The Morgan fingerprint density at radius 1 is 1.20 bits per heavy atom. The summed E-state index contributed by atoms with van der Waals surface area (Å²) in [6, 6.07) is 0. The molecule has 2 amide bonds. The molecule has 0 bridgehead atoms. The first kappa shape index (κ1) is 14.0. The SMILES string of the molecule is Cl.O=C(NNC(=O)C(F)(F)F)C1CNC1. The van der Waals surface area contributed by atoms with Crippen molar-refractivity contribution in [3.8, 4) is 0 Å². The van der Waals surface area contributed by atoms with E-state index >= 15 is 0 Å². The van der Waals surface area contributed by atoms with E-state index in [9.17, 15) is 22.8 Å². The molecule has 0 spiro atoms. The second kappa shape index (κ2) is 5.17. The summed E-state index contributed by atoms with van der Waals surface area (Å²) in [5.74, 6) is -3.18. The molecule has 0 aromatic rings. The van der Waals surface area contributed by atoms with E-state index in [1.165, 1.54) is 5.43 Å². The lowest BCUT2D eigenvalue weighted by Gasteiger charge is -2.25. The van der Waals surface area contributed by atoms with Crippen molar-refractivity contribution in [2.24, 2.45) is 5.92 Å². The van der Waals surface area contributed by atoms with Crippen LogP contribution in [-0.4, -0.2) is 31.1 Å². The second-order valence-electron chi connectivity index (χ2n) is 2.80. The maximum atomic E-state index is 11.6. The molecule has 0 atom stereocenters. The van der Waals surface area contributed by atoms with E-state index in [4.69, 9.17) is 0 Å². The molecule has 88 valence electrons. The van der Waals surface area contributed by atoms with Gasteiger partial charge in [0.25, 0.3) is 0 Å². The molecule has 1 aliphatic rings. The average Bonchev–Trinajstić information content (AvgIpc) is 1.94. The van der Waals surface area contributed by atoms with E-state index in [-0.39, 0.29) is 18.3 Å². The molecule has 1 saturated heterocycles. The highest BCUT2D eigenvalue weighted by atomic mass is 35.5. The van der Waals surface area contributed by atoms with E-state index < -0.39 is 18.0 Å². The molecule has 0 saturated carbocycles. The van der Waals surface area contributed by atoms with Crippen LogP contribution in [0.25, 0.3) is 0 Å². The molecule has 9 heteroatoms. The standard InChI is InChI=1S/C6H8F3N3O2.ClH/c7-6(8,9)5(14)12-11-4(13)3-1-10-2-3;/h3,10H,1-2H2,(H,11,13)(H,12,14);1H. The van der Waals surface area contributed by atoms with Crippen LogP contribution in [0, 0.1) is 5.92 Å². The monoisotopic (exact) mass is 247 g/mol. The topological polar surface area (TPSA) is 70.2 Å². The zero-order chi connectivity index (χ0) is 10.8. The first-order chi connectivity index (χ1) is 6.41. The van der Waals surface area contributed by atoms with Gasteiger partial charge in [0.2, 0.25) is 5.91 Å². The summed E-state index contributed by atoms with van der Waals surface area (Å²) in [5, 5.41) is 2.76. The van der Waals surface area contributed by atoms with Crippen molar-refractivity contribution in [2.45, 2.75) is 6.18 Å². The molecule has 15 heavy (non-hydrogen) atoms. The highest BCUT2D eigenvalue weighted by Gasteiger charge is 2.39. The summed E-state index contributed by atoms with van der Waals surface area (Å²) in [6.07, 6.45) is -4.98. The maximum Gasteiger partial charge on any atom is 0.472 e. The van der Waals surface area contributed by atoms with Crippen molar-refractivity contribution in [3.05, 3.63) is 0 Å². The minimum absolute atomic E-state index is 0. The summed E-state index contributed by atoms with van der Waals surface area (Å²) in [7, 11) is 0. The Morgan fingerprint density at radius 3 is 2.07 bits per heavy atom. The van der Waals surface area contributed by atoms with Crippen LogP contribution in [0.4, 0.5) is 13.2 Å². The molecular weight excluding hydrogens is 239 g/mol. The molecule has 1 heterocycles. The van der Waals surface area contributed by atoms with E-state index in [1.807, 2.05) is 0 Å². The summed E-state index contributed by atoms with van der Waals surface area (Å²) in [5.41, 5.74) is 2.97. The van der Waals surface area contributed by atoms with Crippen molar-refractivity contribution in [2.75, 3.05) is 13.1 Å². The van der Waals surface area contributed by atoms with Crippen LogP contribution in [0.5, 0.6) is 0 Å². The van der Waals surface area contributed by atoms with E-state index in [1.54, 1.807) is 5.43 Å². The molecule has 0 aromatic heterocycles.